The molecule has 0 saturated carbocycles. The number of para-hydroxylation sites is 1. The maximum absolute atomic E-state index is 11.7. The molecule has 0 bridgehead atoms. The van der Waals surface area contributed by atoms with Gasteiger partial charge in [-0.2, -0.15) is 0 Å². The van der Waals surface area contributed by atoms with E-state index < -0.39 is 0 Å². The van der Waals surface area contributed by atoms with E-state index in [4.69, 9.17) is 4.74 Å². The van der Waals surface area contributed by atoms with Gasteiger partial charge in [-0.3, -0.25) is 4.79 Å². The number of nitrogens with zero attached hydrogens (tertiary/aromatic N) is 2. The fourth-order valence-corrected chi connectivity index (χ4v) is 2.67. The molecule has 0 amide bonds. The molecule has 0 atom stereocenters. The van der Waals surface area contributed by atoms with Crippen LogP contribution in [0.4, 0.5) is 5.69 Å². The second kappa shape index (κ2) is 7.04. The van der Waals surface area contributed by atoms with Crippen LogP contribution < -0.4 is 4.80 Å². The van der Waals surface area contributed by atoms with Gasteiger partial charge in [0.1, 0.15) is 6.61 Å². The Kier molecular flexibility index (Phi) is 5.11. The molecule has 2 aromatic rings. The number of hydrogen-bond donors (Lipinski definition) is 0. The van der Waals surface area contributed by atoms with Crippen molar-refractivity contribution in [3.05, 3.63) is 58.4 Å². The molecule has 110 valence electrons. The van der Waals surface area contributed by atoms with Crippen molar-refractivity contribution in [2.24, 2.45) is 12.0 Å². The summed E-state index contributed by atoms with van der Waals surface area (Å²) in [5.74, 6) is -0.274. The van der Waals surface area contributed by atoms with Crippen LogP contribution >= 0.6 is 11.3 Å². The zero-order valence-electron chi connectivity index (χ0n) is 12.2. The number of benzene rings is 1. The number of ether oxygens (including phenoxy) is 1. The Morgan fingerprint density at radius 3 is 2.90 bits per heavy atom. The third kappa shape index (κ3) is 3.92. The van der Waals surface area contributed by atoms with Crippen molar-refractivity contribution in [3.8, 4) is 0 Å². The first-order valence-corrected chi connectivity index (χ1v) is 7.50. The minimum atomic E-state index is -0.274. The standard InChI is InChI=1S/C16H18N2O2S/c1-4-9-20-15(19)10-13-7-5-6-8-14(13)17-16-18(3)12(2)11-21-16/h4-8,11H,1,9-10H2,2-3H3. The zero-order valence-corrected chi connectivity index (χ0v) is 13.0. The van der Waals surface area contributed by atoms with Gasteiger partial charge >= 0.3 is 5.97 Å². The van der Waals surface area contributed by atoms with Gasteiger partial charge in [-0.15, -0.1) is 11.3 Å². The van der Waals surface area contributed by atoms with Gasteiger partial charge in [0.15, 0.2) is 4.80 Å². The molecule has 5 heteroatoms. The predicted octanol–water partition coefficient (Wildman–Crippen LogP) is 2.90. The van der Waals surface area contributed by atoms with Crippen LogP contribution in [0.25, 0.3) is 0 Å². The molecule has 1 aromatic carbocycles. The third-order valence-corrected chi connectivity index (χ3v) is 4.09. The van der Waals surface area contributed by atoms with Gasteiger partial charge in [0.2, 0.25) is 0 Å². The fourth-order valence-electron chi connectivity index (χ4n) is 1.78. The van der Waals surface area contributed by atoms with Crippen LogP contribution in [-0.2, 0) is 23.0 Å². The maximum atomic E-state index is 11.7. The lowest BCUT2D eigenvalue weighted by Gasteiger charge is -2.05. The lowest BCUT2D eigenvalue weighted by Crippen LogP contribution is -2.12. The number of esters is 1. The normalized spacial score (nSPS) is 11.4. The first kappa shape index (κ1) is 15.3. The molecule has 1 aromatic heterocycles. The van der Waals surface area contributed by atoms with E-state index >= 15 is 0 Å². The van der Waals surface area contributed by atoms with Gasteiger partial charge in [-0.05, 0) is 18.6 Å². The highest BCUT2D eigenvalue weighted by atomic mass is 32.1. The monoisotopic (exact) mass is 302 g/mol. The number of carbonyl (C=O) groups is 1. The molecule has 1 heterocycles. The van der Waals surface area contributed by atoms with Gasteiger partial charge in [-0.1, -0.05) is 30.9 Å². The van der Waals surface area contributed by atoms with Crippen molar-refractivity contribution in [2.75, 3.05) is 6.61 Å². The van der Waals surface area contributed by atoms with Gasteiger partial charge in [0.25, 0.3) is 0 Å². The lowest BCUT2D eigenvalue weighted by molar-refractivity contribution is -0.141. The van der Waals surface area contributed by atoms with Gasteiger partial charge in [0.05, 0.1) is 12.1 Å². The van der Waals surface area contributed by atoms with E-state index in [-0.39, 0.29) is 19.0 Å². The van der Waals surface area contributed by atoms with E-state index in [2.05, 4.69) is 17.0 Å². The number of carbonyl (C=O) groups excluding carboxylic acids is 1. The quantitative estimate of drug-likeness (QED) is 0.629. The smallest absolute Gasteiger partial charge is 0.310 e. The number of rotatable bonds is 5. The van der Waals surface area contributed by atoms with Crippen LogP contribution in [0.2, 0.25) is 0 Å². The molecule has 0 spiro atoms. The van der Waals surface area contributed by atoms with Crippen molar-refractivity contribution in [1.29, 1.82) is 0 Å². The minimum Gasteiger partial charge on any atom is -0.461 e. The Bertz CT molecular complexity index is 713. The molecule has 0 aliphatic carbocycles. The molecule has 0 N–H and O–H groups in total. The van der Waals surface area contributed by atoms with E-state index in [1.807, 2.05) is 42.8 Å². The van der Waals surface area contributed by atoms with E-state index in [1.54, 1.807) is 17.4 Å². The number of aryl methyl sites for hydroxylation is 1. The summed E-state index contributed by atoms with van der Waals surface area (Å²) >= 11 is 1.58. The topological polar surface area (TPSA) is 43.6 Å². The van der Waals surface area contributed by atoms with E-state index in [0.717, 1.165) is 21.7 Å². The summed E-state index contributed by atoms with van der Waals surface area (Å²) in [4.78, 5) is 17.3. The van der Waals surface area contributed by atoms with Crippen molar-refractivity contribution in [2.45, 2.75) is 13.3 Å². The highest BCUT2D eigenvalue weighted by Gasteiger charge is 2.08. The number of thiazole rings is 1. The van der Waals surface area contributed by atoms with Gasteiger partial charge < -0.3 is 9.30 Å². The summed E-state index contributed by atoms with van der Waals surface area (Å²) in [5, 5.41) is 2.06. The second-order valence-corrected chi connectivity index (χ2v) is 5.44. The summed E-state index contributed by atoms with van der Waals surface area (Å²) in [5.41, 5.74) is 2.81. The molecule has 0 unspecified atom stereocenters. The number of hydrogen-bond acceptors (Lipinski definition) is 4. The molecule has 0 saturated heterocycles. The summed E-state index contributed by atoms with van der Waals surface area (Å²) in [7, 11) is 1.98. The molecular formula is C16H18N2O2S. The Morgan fingerprint density at radius 2 is 2.24 bits per heavy atom. The molecular weight excluding hydrogens is 284 g/mol. The van der Waals surface area contributed by atoms with Gasteiger partial charge in [-0.25, -0.2) is 4.99 Å². The average molecular weight is 302 g/mol. The Hall–Kier alpha value is -2.14. The Balaban J connectivity index is 2.29. The maximum Gasteiger partial charge on any atom is 0.310 e. The molecule has 0 fully saturated rings. The van der Waals surface area contributed by atoms with Crippen LogP contribution in [-0.4, -0.2) is 17.1 Å². The molecule has 21 heavy (non-hydrogen) atoms. The minimum absolute atomic E-state index is 0.210. The van der Waals surface area contributed by atoms with Gasteiger partial charge in [0, 0.05) is 18.1 Å². The molecule has 0 aliphatic rings. The fraction of sp³-hybridized carbons (Fsp3) is 0.250. The van der Waals surface area contributed by atoms with E-state index in [0.29, 0.717) is 0 Å². The Morgan fingerprint density at radius 1 is 1.48 bits per heavy atom. The summed E-state index contributed by atoms with van der Waals surface area (Å²) in [6.45, 7) is 5.80. The lowest BCUT2D eigenvalue weighted by atomic mass is 10.1. The highest BCUT2D eigenvalue weighted by Crippen LogP contribution is 2.19. The summed E-state index contributed by atoms with van der Waals surface area (Å²) in [6.07, 6.45) is 1.77. The zero-order chi connectivity index (χ0) is 15.2. The number of aromatic nitrogens is 1. The average Bonchev–Trinajstić information content (AvgIpc) is 2.79. The van der Waals surface area contributed by atoms with Crippen LogP contribution in [0.5, 0.6) is 0 Å². The first-order valence-electron chi connectivity index (χ1n) is 6.62. The van der Waals surface area contributed by atoms with Crippen molar-refractivity contribution < 1.29 is 9.53 Å². The third-order valence-electron chi connectivity index (χ3n) is 3.06. The van der Waals surface area contributed by atoms with Crippen LogP contribution in [0.1, 0.15) is 11.3 Å². The summed E-state index contributed by atoms with van der Waals surface area (Å²) < 4.78 is 7.05. The SMILES string of the molecule is C=CCOC(=O)Cc1ccccc1N=c1scc(C)n1C. The molecule has 2 rings (SSSR count). The van der Waals surface area contributed by atoms with Crippen LogP contribution in [0.3, 0.4) is 0 Å². The predicted molar refractivity (Wildman–Crippen MR) is 84.6 cm³/mol. The largest absolute Gasteiger partial charge is 0.461 e. The molecule has 0 aliphatic heterocycles. The molecule has 4 nitrogen and oxygen atoms in total. The first-order chi connectivity index (χ1) is 10.1. The van der Waals surface area contributed by atoms with Crippen molar-refractivity contribution >= 4 is 23.0 Å². The Labute approximate surface area is 128 Å². The van der Waals surface area contributed by atoms with Crippen molar-refractivity contribution in [1.82, 2.24) is 4.57 Å². The summed E-state index contributed by atoms with van der Waals surface area (Å²) in [6, 6.07) is 7.62. The van der Waals surface area contributed by atoms with Crippen LogP contribution in [0, 0.1) is 6.92 Å². The van der Waals surface area contributed by atoms with E-state index in [1.165, 1.54) is 0 Å². The highest BCUT2D eigenvalue weighted by molar-refractivity contribution is 7.07. The van der Waals surface area contributed by atoms with Crippen molar-refractivity contribution in [3.63, 3.8) is 0 Å². The second-order valence-electron chi connectivity index (χ2n) is 4.61. The molecule has 0 radical (unpaired) electrons. The van der Waals surface area contributed by atoms with Crippen LogP contribution in [0.15, 0.2) is 47.3 Å². The van der Waals surface area contributed by atoms with E-state index in [9.17, 15) is 4.79 Å².